The molecule has 21 rings (SSSR count). The normalized spacial score (nSPS) is 11.3. The van der Waals surface area contributed by atoms with Gasteiger partial charge in [-0.2, -0.15) is 0 Å². The monoisotopic (exact) mass is 1650 g/mol. The van der Waals surface area contributed by atoms with Crippen molar-refractivity contribution >= 4 is 113 Å². The molecule has 0 saturated carbocycles. The van der Waals surface area contributed by atoms with Crippen molar-refractivity contribution < 1.29 is 0 Å². The second-order valence-corrected chi connectivity index (χ2v) is 30.1. The number of rotatable bonds is 12. The summed E-state index contributed by atoms with van der Waals surface area (Å²) < 4.78 is 10.3. The Morgan fingerprint density at radius 2 is 0.465 bits per heavy atom. The predicted octanol–water partition coefficient (Wildman–Crippen LogP) is 27.4. The van der Waals surface area contributed by atoms with E-state index in [0.717, 1.165) is 114 Å². The van der Waals surface area contributed by atoms with Crippen LogP contribution >= 0.6 is 47.8 Å². The number of pyridine rings is 2. The van der Waals surface area contributed by atoms with E-state index in [9.17, 15) is 0 Å². The van der Waals surface area contributed by atoms with E-state index in [-0.39, 0.29) is 0 Å². The molecule has 0 aliphatic rings. The van der Waals surface area contributed by atoms with Gasteiger partial charge in [-0.25, -0.2) is 24.9 Å². The van der Waals surface area contributed by atoms with E-state index >= 15 is 0 Å². The lowest BCUT2D eigenvalue weighted by atomic mass is 9.96. The highest BCUT2D eigenvalue weighted by Gasteiger charge is 2.21. The van der Waals surface area contributed by atoms with Gasteiger partial charge in [0.25, 0.3) is 0 Å². The Labute approximate surface area is 683 Å². The number of nitrogens with zero attached hydrogens (tertiary/aromatic N) is 10. The largest absolute Gasteiger partial charge is 0.309 e. The van der Waals surface area contributed by atoms with Crippen LogP contribution in [-0.2, 0) is 0 Å². The van der Waals surface area contributed by atoms with E-state index in [2.05, 4.69) is 320 Å². The standard InChI is InChI=1S/2C34H22BrN3.C33H21BrN4/c35-28-15-9-17-32-33(28)27-14-7-8-16-31(27)38(32)26-20-18-25(19-21-26)34-36-29(23-10-3-1-4-11-23)22-30(37-34)24-12-5-2-6-13-24;35-29-9-7-13-33-34(29)28-8-1-2-12-32(28)38(33)27-16-14-23(15-17-27)24-20-25(30-10-3-5-18-36-30)22-26(21-24)31-11-4-6-19-37-31;34-27-15-9-17-29-30(27)26-14-7-8-16-28(26)38(29)25-20-18-24(19-21-25)33-36-31(22-10-3-1-4-11-22)35-32(37-33)23-12-5-2-6-13-23/h2*1-22H;1-21H. The Bertz CT molecular complexity index is 6230. The highest BCUT2D eigenvalue weighted by atomic mass is 79.9. The third kappa shape index (κ3) is 13.8. The van der Waals surface area contributed by atoms with Crippen molar-refractivity contribution in [2.24, 2.45) is 0 Å². The van der Waals surface area contributed by atoms with Gasteiger partial charge in [-0.05, 0) is 175 Å². The van der Waals surface area contributed by atoms with E-state index in [4.69, 9.17) is 24.9 Å². The third-order valence-electron chi connectivity index (χ3n) is 20.6. The minimum atomic E-state index is 0.647. The second-order valence-electron chi connectivity index (χ2n) is 27.6. The molecule has 0 radical (unpaired) electrons. The van der Waals surface area contributed by atoms with E-state index < -0.39 is 0 Å². The lowest BCUT2D eigenvalue weighted by molar-refractivity contribution is 1.07. The molecule has 0 bridgehead atoms. The summed E-state index contributed by atoms with van der Waals surface area (Å²) in [6.07, 6.45) is 3.67. The first kappa shape index (κ1) is 70.7. The zero-order chi connectivity index (χ0) is 76.4. The molecule has 14 aromatic carbocycles. The van der Waals surface area contributed by atoms with Crippen molar-refractivity contribution in [1.82, 2.24) is 48.6 Å². The number of aromatic nitrogens is 10. The maximum atomic E-state index is 4.98. The molecule has 0 atom stereocenters. The Hall–Kier alpha value is -13.7. The van der Waals surface area contributed by atoms with Crippen LogP contribution in [0.5, 0.6) is 0 Å². The predicted molar refractivity (Wildman–Crippen MR) is 479 cm³/mol. The molecular formula is C101H65Br3N10. The van der Waals surface area contributed by atoms with Gasteiger partial charge in [-0.15, -0.1) is 0 Å². The molecular weight excluding hydrogens is 1590 g/mol. The minimum absolute atomic E-state index is 0.647. The highest BCUT2D eigenvalue weighted by molar-refractivity contribution is 9.11. The lowest BCUT2D eigenvalue weighted by Crippen LogP contribution is -2.00. The first-order chi connectivity index (χ1) is 56.3. The van der Waals surface area contributed by atoms with Crippen LogP contribution in [0.1, 0.15) is 0 Å². The van der Waals surface area contributed by atoms with Gasteiger partial charge in [0.05, 0.1) is 55.9 Å². The highest BCUT2D eigenvalue weighted by Crippen LogP contribution is 2.42. The zero-order valence-corrected chi connectivity index (χ0v) is 65.9. The minimum Gasteiger partial charge on any atom is -0.309 e. The molecule has 0 aliphatic heterocycles. The SMILES string of the molecule is Brc1cccc2c1c1ccccc1n2-c1ccc(-c2cc(-c3ccccn3)cc(-c3ccccn3)c2)cc1.Brc1cccc2c1c1ccccc1n2-c1ccc(-c2nc(-c3ccccc3)cc(-c3ccccc3)n2)cc1.Brc1cccc2c1c1ccccc1n2-c1ccc(-c2nc(-c3ccccc3)nc(-c3ccccc3)n2)cc1. The Kier molecular flexibility index (Phi) is 19.4. The summed E-state index contributed by atoms with van der Waals surface area (Å²) in [7, 11) is 0. The summed E-state index contributed by atoms with van der Waals surface area (Å²) in [4.78, 5) is 33.7. The van der Waals surface area contributed by atoms with Gasteiger partial charge in [0.2, 0.25) is 0 Å². The summed E-state index contributed by atoms with van der Waals surface area (Å²) in [5, 5.41) is 7.35. The first-order valence-electron chi connectivity index (χ1n) is 37.5. The smallest absolute Gasteiger partial charge is 0.164 e. The molecule has 0 spiro atoms. The molecule has 0 saturated heterocycles. The van der Waals surface area contributed by atoms with Crippen LogP contribution < -0.4 is 0 Å². The molecule has 0 N–H and O–H groups in total. The van der Waals surface area contributed by atoms with Gasteiger partial charge >= 0.3 is 0 Å². The summed E-state index contributed by atoms with van der Waals surface area (Å²) in [5.74, 6) is 2.67. The second kappa shape index (κ2) is 31.2. The first-order valence-corrected chi connectivity index (χ1v) is 39.9. The van der Waals surface area contributed by atoms with E-state index in [1.165, 1.54) is 59.9 Å². The topological polar surface area (TPSA) is 105 Å². The van der Waals surface area contributed by atoms with E-state index in [1.54, 1.807) is 0 Å². The average Bonchev–Trinajstić information content (AvgIpc) is 1.60. The number of para-hydroxylation sites is 3. The molecule has 13 heteroatoms. The molecule has 7 aromatic heterocycles. The average molecular weight is 1660 g/mol. The molecule has 114 heavy (non-hydrogen) atoms. The van der Waals surface area contributed by atoms with Crippen LogP contribution in [0.3, 0.4) is 0 Å². The third-order valence-corrected chi connectivity index (χ3v) is 22.6. The molecule has 0 aliphatic carbocycles. The van der Waals surface area contributed by atoms with Crippen molar-refractivity contribution in [1.29, 1.82) is 0 Å². The van der Waals surface area contributed by atoms with E-state index in [0.29, 0.717) is 23.3 Å². The molecule has 10 nitrogen and oxygen atoms in total. The molecule has 0 fully saturated rings. The van der Waals surface area contributed by atoms with Gasteiger partial charge < -0.3 is 13.7 Å². The van der Waals surface area contributed by atoms with Crippen LogP contribution in [0.4, 0.5) is 0 Å². The van der Waals surface area contributed by atoms with Gasteiger partial charge in [0.1, 0.15) is 0 Å². The van der Waals surface area contributed by atoms with Crippen molar-refractivity contribution in [2.45, 2.75) is 0 Å². The van der Waals surface area contributed by atoms with Gasteiger partial charge in [-0.3, -0.25) is 9.97 Å². The molecule has 0 amide bonds. The lowest BCUT2D eigenvalue weighted by Gasteiger charge is -2.12. The summed E-state index contributed by atoms with van der Waals surface area (Å²) in [5.41, 5.74) is 24.4. The van der Waals surface area contributed by atoms with Gasteiger partial charge in [0.15, 0.2) is 23.3 Å². The maximum Gasteiger partial charge on any atom is 0.164 e. The summed E-state index contributed by atoms with van der Waals surface area (Å²) in [6.45, 7) is 0. The number of hydrogen-bond acceptors (Lipinski definition) is 7. The Morgan fingerprint density at radius 3 is 0.807 bits per heavy atom. The van der Waals surface area contributed by atoms with Crippen LogP contribution in [-0.4, -0.2) is 48.6 Å². The van der Waals surface area contributed by atoms with Crippen molar-refractivity contribution in [3.05, 3.63) is 408 Å². The summed E-state index contributed by atoms with van der Waals surface area (Å²) in [6, 6.07) is 132. The fourth-order valence-corrected chi connectivity index (χ4v) is 17.0. The number of fused-ring (bicyclic) bond motifs is 9. The van der Waals surface area contributed by atoms with Crippen LogP contribution in [0.25, 0.3) is 184 Å². The van der Waals surface area contributed by atoms with Crippen molar-refractivity contribution in [3.8, 4) is 119 Å². The van der Waals surface area contributed by atoms with Crippen molar-refractivity contribution in [3.63, 3.8) is 0 Å². The fraction of sp³-hybridized carbons (Fsp3) is 0. The zero-order valence-electron chi connectivity index (χ0n) is 61.1. The van der Waals surface area contributed by atoms with Crippen LogP contribution in [0.2, 0.25) is 0 Å². The van der Waals surface area contributed by atoms with Crippen LogP contribution in [0, 0.1) is 0 Å². The Balaban J connectivity index is 0.000000115. The van der Waals surface area contributed by atoms with Crippen LogP contribution in [0.15, 0.2) is 408 Å². The molecule has 21 aromatic rings. The molecule has 540 valence electrons. The Morgan fingerprint density at radius 1 is 0.184 bits per heavy atom. The fourth-order valence-electron chi connectivity index (χ4n) is 15.3. The van der Waals surface area contributed by atoms with E-state index in [1.807, 2.05) is 146 Å². The van der Waals surface area contributed by atoms with Gasteiger partial charge in [0, 0.05) is 120 Å². The quantitative estimate of drug-likeness (QED) is 0.120. The summed E-state index contributed by atoms with van der Waals surface area (Å²) >= 11 is 11.3. The maximum absolute atomic E-state index is 4.98. The number of hydrogen-bond donors (Lipinski definition) is 0. The van der Waals surface area contributed by atoms with Gasteiger partial charge in [-0.1, -0.05) is 266 Å². The number of halogens is 3. The van der Waals surface area contributed by atoms with Crippen molar-refractivity contribution in [2.75, 3.05) is 0 Å². The molecule has 0 unspecified atom stereocenters. The number of benzene rings is 14. The molecule has 7 heterocycles.